The minimum absolute atomic E-state index is 0.217. The third-order valence-corrected chi connectivity index (χ3v) is 4.58. The monoisotopic (exact) mass is 284 g/mol. The zero-order valence-corrected chi connectivity index (χ0v) is 11.7. The van der Waals surface area contributed by atoms with Gasteiger partial charge in [-0.05, 0) is 17.9 Å². The molecule has 7 heteroatoms. The molecule has 2 heterocycles. The summed E-state index contributed by atoms with van der Waals surface area (Å²) >= 11 is 3.32. The van der Waals surface area contributed by atoms with Crippen LogP contribution in [0.25, 0.3) is 10.2 Å². The van der Waals surface area contributed by atoms with Gasteiger partial charge < -0.3 is 10.5 Å². The van der Waals surface area contributed by atoms with Gasteiger partial charge in [-0.3, -0.25) is 0 Å². The number of nitrogens with one attached hydrogen (secondary N) is 1. The SMILES string of the molecule is CC(CCO)SCc1nc(NN)c2ccsc2n1. The maximum Gasteiger partial charge on any atom is 0.152 e. The largest absolute Gasteiger partial charge is 0.396 e. The third-order valence-electron chi connectivity index (χ3n) is 2.54. The Morgan fingerprint density at radius 1 is 1.56 bits per heavy atom. The van der Waals surface area contributed by atoms with E-state index in [0.29, 0.717) is 11.1 Å². The van der Waals surface area contributed by atoms with E-state index < -0.39 is 0 Å². The molecule has 4 N–H and O–H groups in total. The van der Waals surface area contributed by atoms with Crippen molar-refractivity contribution in [1.82, 2.24) is 9.97 Å². The standard InChI is InChI=1S/C11H16N4OS2/c1-7(2-4-16)18-6-9-13-10(15-12)8-3-5-17-11(8)14-9/h3,5,7,16H,2,4,6,12H2,1H3,(H,13,14,15). The second-order valence-corrected chi connectivity index (χ2v) is 6.23. The molecule has 98 valence electrons. The van der Waals surface area contributed by atoms with Crippen LogP contribution in [-0.4, -0.2) is 26.9 Å². The Bertz CT molecular complexity index is 517. The molecule has 2 rings (SSSR count). The van der Waals surface area contributed by atoms with Crippen molar-refractivity contribution in [2.75, 3.05) is 12.0 Å². The Balaban J connectivity index is 2.13. The van der Waals surface area contributed by atoms with Gasteiger partial charge in [0.15, 0.2) is 5.82 Å². The van der Waals surface area contributed by atoms with Crippen LogP contribution in [0.1, 0.15) is 19.2 Å². The van der Waals surface area contributed by atoms with Crippen LogP contribution >= 0.6 is 23.1 Å². The van der Waals surface area contributed by atoms with Crippen molar-refractivity contribution in [2.24, 2.45) is 5.84 Å². The number of thiophene rings is 1. The highest BCUT2D eigenvalue weighted by atomic mass is 32.2. The van der Waals surface area contributed by atoms with Gasteiger partial charge in [-0.25, -0.2) is 15.8 Å². The van der Waals surface area contributed by atoms with Crippen LogP contribution in [0.2, 0.25) is 0 Å². The lowest BCUT2D eigenvalue weighted by Gasteiger charge is -2.09. The number of aliphatic hydroxyl groups excluding tert-OH is 1. The summed E-state index contributed by atoms with van der Waals surface area (Å²) in [5.41, 5.74) is 2.62. The van der Waals surface area contributed by atoms with E-state index in [2.05, 4.69) is 22.3 Å². The van der Waals surface area contributed by atoms with Gasteiger partial charge in [0.25, 0.3) is 0 Å². The van der Waals surface area contributed by atoms with Gasteiger partial charge in [0, 0.05) is 11.9 Å². The predicted octanol–water partition coefficient (Wildman–Crippen LogP) is 1.98. The average Bonchev–Trinajstić information content (AvgIpc) is 2.83. The van der Waals surface area contributed by atoms with Crippen LogP contribution in [0.4, 0.5) is 5.82 Å². The average molecular weight is 284 g/mol. The number of hydrogen-bond acceptors (Lipinski definition) is 7. The number of aromatic nitrogens is 2. The fourth-order valence-corrected chi connectivity index (χ4v) is 3.17. The summed E-state index contributed by atoms with van der Waals surface area (Å²) in [4.78, 5) is 9.85. The number of nitrogens with two attached hydrogens (primary N) is 1. The summed E-state index contributed by atoms with van der Waals surface area (Å²) < 4.78 is 0. The molecule has 0 bridgehead atoms. The summed E-state index contributed by atoms with van der Waals surface area (Å²) in [6.07, 6.45) is 0.786. The van der Waals surface area contributed by atoms with E-state index in [1.807, 2.05) is 11.4 Å². The third kappa shape index (κ3) is 3.11. The molecule has 0 saturated heterocycles. The molecule has 0 fully saturated rings. The molecule has 1 unspecified atom stereocenters. The predicted molar refractivity (Wildman–Crippen MR) is 77.7 cm³/mol. The van der Waals surface area contributed by atoms with Gasteiger partial charge in [0.05, 0.1) is 11.1 Å². The molecular weight excluding hydrogens is 268 g/mol. The first-order valence-electron chi connectivity index (χ1n) is 5.67. The molecule has 1 atom stereocenters. The highest BCUT2D eigenvalue weighted by Crippen LogP contribution is 2.26. The summed E-state index contributed by atoms with van der Waals surface area (Å²) in [6, 6.07) is 1.96. The number of nitrogen functional groups attached to an aromatic ring is 1. The molecule has 0 aliphatic rings. The molecule has 0 aliphatic heterocycles. The molecule has 5 nitrogen and oxygen atoms in total. The lowest BCUT2D eigenvalue weighted by Crippen LogP contribution is -2.10. The number of nitrogens with zero attached hydrogens (tertiary/aromatic N) is 2. The quantitative estimate of drug-likeness (QED) is 0.555. The van der Waals surface area contributed by atoms with Crippen LogP contribution in [0.3, 0.4) is 0 Å². The Hall–Kier alpha value is -0.890. The van der Waals surface area contributed by atoms with Gasteiger partial charge >= 0.3 is 0 Å². The Morgan fingerprint density at radius 2 is 2.39 bits per heavy atom. The smallest absolute Gasteiger partial charge is 0.152 e. The number of thioether (sulfide) groups is 1. The van der Waals surface area contributed by atoms with E-state index in [9.17, 15) is 0 Å². The Morgan fingerprint density at radius 3 is 3.11 bits per heavy atom. The van der Waals surface area contributed by atoms with Gasteiger partial charge in [0.1, 0.15) is 10.7 Å². The summed E-state index contributed by atoms with van der Waals surface area (Å²) in [6.45, 7) is 2.31. The number of anilines is 1. The number of fused-ring (bicyclic) bond motifs is 1. The highest BCUT2D eigenvalue weighted by Gasteiger charge is 2.09. The van der Waals surface area contributed by atoms with E-state index >= 15 is 0 Å². The lowest BCUT2D eigenvalue weighted by atomic mass is 10.3. The zero-order chi connectivity index (χ0) is 13.0. The molecule has 2 aromatic heterocycles. The molecule has 0 amide bonds. The Labute approximate surface area is 114 Å². The molecule has 18 heavy (non-hydrogen) atoms. The number of hydrazine groups is 1. The minimum Gasteiger partial charge on any atom is -0.396 e. The first-order chi connectivity index (χ1) is 8.74. The van der Waals surface area contributed by atoms with Crippen LogP contribution < -0.4 is 11.3 Å². The van der Waals surface area contributed by atoms with Gasteiger partial charge in [-0.1, -0.05) is 6.92 Å². The number of hydrogen-bond donors (Lipinski definition) is 3. The van der Waals surface area contributed by atoms with E-state index in [1.54, 1.807) is 23.1 Å². The van der Waals surface area contributed by atoms with E-state index in [0.717, 1.165) is 28.2 Å². The maximum absolute atomic E-state index is 8.86. The van der Waals surface area contributed by atoms with Crippen LogP contribution in [-0.2, 0) is 5.75 Å². The van der Waals surface area contributed by atoms with Crippen molar-refractivity contribution in [3.63, 3.8) is 0 Å². The first-order valence-corrected chi connectivity index (χ1v) is 7.60. The molecule has 0 radical (unpaired) electrons. The van der Waals surface area contributed by atoms with Crippen molar-refractivity contribution in [2.45, 2.75) is 24.3 Å². The van der Waals surface area contributed by atoms with Crippen LogP contribution in [0.15, 0.2) is 11.4 Å². The molecule has 2 aromatic rings. The van der Waals surface area contributed by atoms with Crippen LogP contribution in [0, 0.1) is 0 Å². The lowest BCUT2D eigenvalue weighted by molar-refractivity contribution is 0.289. The van der Waals surface area contributed by atoms with Gasteiger partial charge in [-0.15, -0.1) is 11.3 Å². The second-order valence-electron chi connectivity index (χ2n) is 3.91. The van der Waals surface area contributed by atoms with E-state index in [1.165, 1.54) is 0 Å². The molecule has 0 aromatic carbocycles. The number of aliphatic hydroxyl groups is 1. The summed E-state index contributed by atoms with van der Waals surface area (Å²) in [5.74, 6) is 7.64. The van der Waals surface area contributed by atoms with Crippen molar-refractivity contribution in [1.29, 1.82) is 0 Å². The normalized spacial score (nSPS) is 12.8. The molecule has 0 saturated carbocycles. The van der Waals surface area contributed by atoms with Gasteiger partial charge in [0.2, 0.25) is 0 Å². The van der Waals surface area contributed by atoms with Crippen molar-refractivity contribution < 1.29 is 5.11 Å². The first kappa shape index (κ1) is 13.5. The molecular formula is C11H16N4OS2. The minimum atomic E-state index is 0.217. The fraction of sp³-hybridized carbons (Fsp3) is 0.455. The van der Waals surface area contributed by atoms with Crippen molar-refractivity contribution in [3.8, 4) is 0 Å². The van der Waals surface area contributed by atoms with Gasteiger partial charge in [-0.2, -0.15) is 11.8 Å². The maximum atomic E-state index is 8.86. The zero-order valence-electron chi connectivity index (χ0n) is 10.1. The fourth-order valence-electron chi connectivity index (χ4n) is 1.56. The molecule has 0 spiro atoms. The highest BCUT2D eigenvalue weighted by molar-refractivity contribution is 7.99. The Kier molecular flexibility index (Phi) is 4.76. The van der Waals surface area contributed by atoms with E-state index in [4.69, 9.17) is 10.9 Å². The number of rotatable bonds is 6. The summed E-state index contributed by atoms with van der Waals surface area (Å²) in [5, 5.41) is 12.2. The summed E-state index contributed by atoms with van der Waals surface area (Å²) in [7, 11) is 0. The topological polar surface area (TPSA) is 84.1 Å². The van der Waals surface area contributed by atoms with Crippen molar-refractivity contribution >= 4 is 39.1 Å². The van der Waals surface area contributed by atoms with Crippen LogP contribution in [0.5, 0.6) is 0 Å². The molecule has 0 aliphatic carbocycles. The van der Waals surface area contributed by atoms with E-state index in [-0.39, 0.29) is 6.61 Å². The van der Waals surface area contributed by atoms with Crippen molar-refractivity contribution in [3.05, 3.63) is 17.3 Å². The second kappa shape index (κ2) is 6.33.